The van der Waals surface area contributed by atoms with Gasteiger partial charge in [-0.1, -0.05) is 77.2 Å². The van der Waals surface area contributed by atoms with Crippen LogP contribution in [0.3, 0.4) is 0 Å². The fraction of sp³-hybridized carbons (Fsp3) is 0.757. The molecule has 0 bridgehead atoms. The maximum Gasteiger partial charge on any atom is 0.243 e. The second-order valence-electron chi connectivity index (χ2n) is 13.6. The molecule has 2 heteroatoms. The number of carbonyl (C=O) groups excluding carboxylic acids is 1. The lowest BCUT2D eigenvalue weighted by Crippen LogP contribution is -2.25. The van der Waals surface area contributed by atoms with Crippen LogP contribution >= 0.6 is 0 Å². The Labute approximate surface area is 241 Å². The average Bonchev–Trinajstić information content (AvgIpc) is 3.00. The SMILES string of the molecule is C=CC(=O)NCCCC1CCC(c2ccc(C3CCC(C4CCC(CCCCC)CC4)CC3)cc2CC)CC1. The van der Waals surface area contributed by atoms with E-state index in [1.54, 1.807) is 16.7 Å². The summed E-state index contributed by atoms with van der Waals surface area (Å²) in [5.41, 5.74) is 4.93. The van der Waals surface area contributed by atoms with Crippen LogP contribution in [0.25, 0.3) is 0 Å². The maximum atomic E-state index is 11.3. The van der Waals surface area contributed by atoms with Gasteiger partial charge in [0.25, 0.3) is 0 Å². The minimum Gasteiger partial charge on any atom is -0.353 e. The van der Waals surface area contributed by atoms with Crippen molar-refractivity contribution in [3.8, 4) is 0 Å². The molecule has 4 rings (SSSR count). The Kier molecular flexibility index (Phi) is 12.5. The Bertz CT molecular complexity index is 865. The van der Waals surface area contributed by atoms with Crippen molar-refractivity contribution < 1.29 is 4.79 Å². The molecule has 2 nitrogen and oxygen atoms in total. The Morgan fingerprint density at radius 3 is 2.00 bits per heavy atom. The fourth-order valence-electron chi connectivity index (χ4n) is 8.58. The molecule has 3 fully saturated rings. The molecule has 1 amide bonds. The molecule has 218 valence electrons. The summed E-state index contributed by atoms with van der Waals surface area (Å²) < 4.78 is 0. The molecule has 0 spiro atoms. The number of unbranched alkanes of at least 4 members (excludes halogenated alkanes) is 2. The molecule has 3 aliphatic carbocycles. The zero-order chi connectivity index (χ0) is 27.5. The van der Waals surface area contributed by atoms with Crippen molar-refractivity contribution in [2.75, 3.05) is 6.54 Å². The number of benzene rings is 1. The number of aryl methyl sites for hydroxylation is 1. The molecular weight excluding hydrogens is 474 g/mol. The highest BCUT2D eigenvalue weighted by molar-refractivity contribution is 5.86. The van der Waals surface area contributed by atoms with Crippen molar-refractivity contribution in [3.63, 3.8) is 0 Å². The van der Waals surface area contributed by atoms with Crippen LogP contribution in [0, 0.1) is 23.7 Å². The summed E-state index contributed by atoms with van der Waals surface area (Å²) in [7, 11) is 0. The Morgan fingerprint density at radius 2 is 1.38 bits per heavy atom. The summed E-state index contributed by atoms with van der Waals surface area (Å²) in [6.45, 7) is 9.01. The second-order valence-corrected chi connectivity index (χ2v) is 13.6. The van der Waals surface area contributed by atoms with E-state index in [9.17, 15) is 4.79 Å². The lowest BCUT2D eigenvalue weighted by molar-refractivity contribution is -0.116. The number of hydrogen-bond acceptors (Lipinski definition) is 1. The van der Waals surface area contributed by atoms with Crippen molar-refractivity contribution in [1.82, 2.24) is 5.32 Å². The highest BCUT2D eigenvalue weighted by Crippen LogP contribution is 2.45. The van der Waals surface area contributed by atoms with E-state index in [4.69, 9.17) is 0 Å². The molecule has 1 N–H and O–H groups in total. The van der Waals surface area contributed by atoms with Gasteiger partial charge in [-0.15, -0.1) is 0 Å². The van der Waals surface area contributed by atoms with Crippen LogP contribution in [0.2, 0.25) is 0 Å². The molecule has 0 unspecified atom stereocenters. The summed E-state index contributed by atoms with van der Waals surface area (Å²) in [5, 5.41) is 2.92. The minimum atomic E-state index is -0.0438. The number of nitrogens with one attached hydrogen (secondary N) is 1. The van der Waals surface area contributed by atoms with Gasteiger partial charge in [0.15, 0.2) is 0 Å². The predicted molar refractivity (Wildman–Crippen MR) is 167 cm³/mol. The number of hydrogen-bond donors (Lipinski definition) is 1. The third kappa shape index (κ3) is 8.96. The Hall–Kier alpha value is -1.57. The topological polar surface area (TPSA) is 29.1 Å². The largest absolute Gasteiger partial charge is 0.353 e. The smallest absolute Gasteiger partial charge is 0.243 e. The normalized spacial score (nSPS) is 29.6. The fourth-order valence-corrected chi connectivity index (χ4v) is 8.58. The van der Waals surface area contributed by atoms with E-state index >= 15 is 0 Å². The monoisotopic (exact) mass is 533 g/mol. The van der Waals surface area contributed by atoms with Gasteiger partial charge < -0.3 is 5.32 Å². The lowest BCUT2D eigenvalue weighted by atomic mass is 9.67. The van der Waals surface area contributed by atoms with Gasteiger partial charge >= 0.3 is 0 Å². The van der Waals surface area contributed by atoms with Crippen LogP contribution in [0.4, 0.5) is 0 Å². The quantitative estimate of drug-likeness (QED) is 0.198. The molecule has 0 aromatic heterocycles. The molecule has 0 saturated heterocycles. The summed E-state index contributed by atoms with van der Waals surface area (Å²) >= 11 is 0. The number of rotatable bonds is 13. The van der Waals surface area contributed by atoms with E-state index in [1.165, 1.54) is 122 Å². The minimum absolute atomic E-state index is 0.0438. The number of carbonyl (C=O) groups is 1. The third-order valence-corrected chi connectivity index (χ3v) is 11.1. The van der Waals surface area contributed by atoms with Gasteiger partial charge in [-0.05, 0) is 142 Å². The molecule has 3 aliphatic rings. The van der Waals surface area contributed by atoms with Crippen molar-refractivity contribution in [1.29, 1.82) is 0 Å². The summed E-state index contributed by atoms with van der Waals surface area (Å²) in [6, 6.07) is 7.68. The first-order valence-corrected chi connectivity index (χ1v) is 17.1. The van der Waals surface area contributed by atoms with Gasteiger partial charge in [-0.25, -0.2) is 0 Å². The molecule has 39 heavy (non-hydrogen) atoms. The van der Waals surface area contributed by atoms with E-state index in [1.807, 2.05) is 0 Å². The van der Waals surface area contributed by atoms with Crippen molar-refractivity contribution >= 4 is 5.91 Å². The molecule has 3 saturated carbocycles. The molecule has 1 aromatic carbocycles. The lowest BCUT2D eigenvalue weighted by Gasteiger charge is -2.38. The first kappa shape index (κ1) is 30.4. The Morgan fingerprint density at radius 1 is 0.795 bits per heavy atom. The summed E-state index contributed by atoms with van der Waals surface area (Å²) in [4.78, 5) is 11.3. The summed E-state index contributed by atoms with van der Waals surface area (Å²) in [6.07, 6.45) is 27.9. The van der Waals surface area contributed by atoms with Gasteiger partial charge in [0.1, 0.15) is 0 Å². The molecule has 0 aliphatic heterocycles. The van der Waals surface area contributed by atoms with Gasteiger partial charge in [-0.3, -0.25) is 4.79 Å². The van der Waals surface area contributed by atoms with Crippen LogP contribution in [0.5, 0.6) is 0 Å². The summed E-state index contributed by atoms with van der Waals surface area (Å²) in [5.74, 6) is 5.41. The first-order chi connectivity index (χ1) is 19.1. The highest BCUT2D eigenvalue weighted by Gasteiger charge is 2.31. The van der Waals surface area contributed by atoms with E-state index < -0.39 is 0 Å². The van der Waals surface area contributed by atoms with Crippen LogP contribution in [0.1, 0.15) is 158 Å². The first-order valence-electron chi connectivity index (χ1n) is 17.1. The predicted octanol–water partition coefficient (Wildman–Crippen LogP) is 10.3. The van der Waals surface area contributed by atoms with E-state index in [0.29, 0.717) is 0 Å². The van der Waals surface area contributed by atoms with Gasteiger partial charge in [-0.2, -0.15) is 0 Å². The highest BCUT2D eigenvalue weighted by atomic mass is 16.1. The zero-order valence-corrected chi connectivity index (χ0v) is 25.5. The molecule has 0 heterocycles. The van der Waals surface area contributed by atoms with E-state index in [2.05, 4.69) is 43.9 Å². The van der Waals surface area contributed by atoms with Crippen LogP contribution in [-0.2, 0) is 11.2 Å². The van der Waals surface area contributed by atoms with Gasteiger partial charge in [0.05, 0.1) is 0 Å². The van der Waals surface area contributed by atoms with E-state index in [-0.39, 0.29) is 5.91 Å². The van der Waals surface area contributed by atoms with Crippen LogP contribution in [0.15, 0.2) is 30.9 Å². The third-order valence-electron chi connectivity index (χ3n) is 11.1. The molecule has 0 radical (unpaired) electrons. The molecular formula is C37H59NO. The Balaban J connectivity index is 1.20. The zero-order valence-electron chi connectivity index (χ0n) is 25.5. The van der Waals surface area contributed by atoms with Crippen molar-refractivity contribution in [3.05, 3.63) is 47.5 Å². The number of amides is 1. The van der Waals surface area contributed by atoms with Crippen molar-refractivity contribution in [2.45, 2.75) is 148 Å². The standard InChI is InChI=1S/C37H59NO/c1-4-7-8-10-28-12-16-31(17-13-28)32-20-22-33(23-21-32)35-24-25-36(30(5-2)27-35)34-18-14-29(15-19-34)11-9-26-38-37(39)6-3/h6,24-25,27-29,31-34H,3-5,7-23,26H2,1-2H3,(H,38,39). The van der Waals surface area contributed by atoms with E-state index in [0.717, 1.165) is 48.5 Å². The van der Waals surface area contributed by atoms with Crippen molar-refractivity contribution in [2.24, 2.45) is 23.7 Å². The van der Waals surface area contributed by atoms with Gasteiger partial charge in [0.2, 0.25) is 5.91 Å². The molecule has 0 atom stereocenters. The molecule has 1 aromatic rings. The average molecular weight is 534 g/mol. The second kappa shape index (κ2) is 16.0. The van der Waals surface area contributed by atoms with Gasteiger partial charge in [0, 0.05) is 6.54 Å². The van der Waals surface area contributed by atoms with Crippen LogP contribution in [-0.4, -0.2) is 12.5 Å². The van der Waals surface area contributed by atoms with Crippen LogP contribution < -0.4 is 5.32 Å². The maximum absolute atomic E-state index is 11.3.